The number of amides is 1. The van der Waals surface area contributed by atoms with Gasteiger partial charge >= 0.3 is 0 Å². The molecule has 0 spiro atoms. The molecular weight excluding hydrogens is 442 g/mol. The van der Waals surface area contributed by atoms with Gasteiger partial charge in [0.25, 0.3) is 0 Å². The summed E-state index contributed by atoms with van der Waals surface area (Å²) in [5.41, 5.74) is 6.36. The largest absolute Gasteiger partial charge is 0.436 e. The van der Waals surface area contributed by atoms with Gasteiger partial charge in [-0.2, -0.15) is 0 Å². The first-order valence-electron chi connectivity index (χ1n) is 8.76. The third-order valence-electron chi connectivity index (χ3n) is 4.52. The second kappa shape index (κ2) is 7.30. The van der Waals surface area contributed by atoms with Crippen LogP contribution >= 0.6 is 0 Å². The van der Waals surface area contributed by atoms with E-state index in [0.29, 0.717) is 11.1 Å². The number of benzene rings is 3. The maximum absolute atomic E-state index is 13.4. The topological polar surface area (TPSA) is 163 Å². The molecule has 11 heteroatoms. The molecular formula is C20H15N3O6S2. The smallest absolute Gasteiger partial charge is 0.250 e. The number of aromatic nitrogens is 1. The average molecular weight is 457 g/mol. The van der Waals surface area contributed by atoms with Crippen LogP contribution < -0.4 is 10.9 Å². The van der Waals surface area contributed by atoms with Crippen LogP contribution in [0.15, 0.2) is 85.8 Å². The van der Waals surface area contributed by atoms with Gasteiger partial charge in [0.05, 0.1) is 15.4 Å². The van der Waals surface area contributed by atoms with Gasteiger partial charge in [0, 0.05) is 5.56 Å². The van der Waals surface area contributed by atoms with E-state index in [-0.39, 0.29) is 17.0 Å². The number of hydrogen-bond donors (Lipinski definition) is 2. The van der Waals surface area contributed by atoms with Crippen molar-refractivity contribution >= 4 is 36.9 Å². The summed E-state index contributed by atoms with van der Waals surface area (Å²) in [6, 6.07) is 15.6. The van der Waals surface area contributed by atoms with Crippen molar-refractivity contribution in [1.29, 1.82) is 0 Å². The molecule has 158 valence electrons. The van der Waals surface area contributed by atoms with Crippen molar-refractivity contribution in [1.82, 2.24) is 4.98 Å². The van der Waals surface area contributed by atoms with Crippen molar-refractivity contribution in [2.24, 2.45) is 10.9 Å². The number of nitrogens with zero attached hydrogens (tertiary/aromatic N) is 1. The third kappa shape index (κ3) is 3.69. The quantitative estimate of drug-likeness (QED) is 0.463. The van der Waals surface area contributed by atoms with Crippen LogP contribution in [0.25, 0.3) is 22.6 Å². The number of oxazole rings is 1. The first kappa shape index (κ1) is 20.7. The van der Waals surface area contributed by atoms with Crippen molar-refractivity contribution in [3.63, 3.8) is 0 Å². The Hall–Kier alpha value is -3.54. The number of sulfonamides is 1. The van der Waals surface area contributed by atoms with Gasteiger partial charge in [0.15, 0.2) is 5.58 Å². The Morgan fingerprint density at radius 3 is 2.13 bits per heavy atom. The van der Waals surface area contributed by atoms with Gasteiger partial charge in [0.1, 0.15) is 10.4 Å². The van der Waals surface area contributed by atoms with E-state index in [4.69, 9.17) is 15.3 Å². The van der Waals surface area contributed by atoms with Crippen LogP contribution in [0.3, 0.4) is 0 Å². The molecule has 9 nitrogen and oxygen atoms in total. The van der Waals surface area contributed by atoms with Gasteiger partial charge in [-0.3, -0.25) is 4.79 Å². The second-order valence-electron chi connectivity index (χ2n) is 6.56. The fraction of sp³-hybridized carbons (Fsp3) is 0. The number of hydrogen-bond acceptors (Lipinski definition) is 7. The fourth-order valence-electron chi connectivity index (χ4n) is 3.10. The summed E-state index contributed by atoms with van der Waals surface area (Å²) in [6.45, 7) is 0. The first-order chi connectivity index (χ1) is 14.6. The van der Waals surface area contributed by atoms with E-state index in [0.717, 1.165) is 12.1 Å². The van der Waals surface area contributed by atoms with Gasteiger partial charge in [-0.1, -0.05) is 24.3 Å². The summed E-state index contributed by atoms with van der Waals surface area (Å²) in [4.78, 5) is 14.6. The predicted molar refractivity (Wildman–Crippen MR) is 111 cm³/mol. The Morgan fingerprint density at radius 1 is 0.839 bits per heavy atom. The van der Waals surface area contributed by atoms with Crippen LogP contribution in [0.2, 0.25) is 0 Å². The highest BCUT2D eigenvalue weighted by Crippen LogP contribution is 2.32. The zero-order chi connectivity index (χ0) is 22.4. The van der Waals surface area contributed by atoms with Gasteiger partial charge in [0.2, 0.25) is 31.7 Å². The highest BCUT2D eigenvalue weighted by Gasteiger charge is 2.30. The van der Waals surface area contributed by atoms with E-state index in [1.165, 1.54) is 30.3 Å². The minimum atomic E-state index is -4.52. The van der Waals surface area contributed by atoms with Gasteiger partial charge in [-0.05, 0) is 42.5 Å². The summed E-state index contributed by atoms with van der Waals surface area (Å²) < 4.78 is 56.3. The summed E-state index contributed by atoms with van der Waals surface area (Å²) in [5, 5.41) is 5.19. The van der Waals surface area contributed by atoms with Crippen LogP contribution in [0, 0.1) is 0 Å². The Balaban J connectivity index is 1.97. The molecule has 0 fully saturated rings. The fourth-order valence-corrected chi connectivity index (χ4v) is 5.96. The summed E-state index contributed by atoms with van der Waals surface area (Å²) in [6.07, 6.45) is 0. The van der Waals surface area contributed by atoms with Gasteiger partial charge < -0.3 is 10.2 Å². The van der Waals surface area contributed by atoms with E-state index < -0.39 is 40.5 Å². The lowest BCUT2D eigenvalue weighted by molar-refractivity contribution is 0.0997. The molecule has 4 rings (SSSR count). The molecule has 0 bridgehead atoms. The van der Waals surface area contributed by atoms with Crippen molar-refractivity contribution in [3.8, 4) is 11.5 Å². The molecule has 0 unspecified atom stereocenters. The zero-order valence-electron chi connectivity index (χ0n) is 15.7. The lowest BCUT2D eigenvalue weighted by atomic mass is 10.1. The maximum Gasteiger partial charge on any atom is 0.250 e. The maximum atomic E-state index is 13.4. The molecule has 0 radical (unpaired) electrons. The van der Waals surface area contributed by atoms with Crippen LogP contribution in [0.1, 0.15) is 10.4 Å². The second-order valence-corrected chi connectivity index (χ2v) is 9.97. The summed E-state index contributed by atoms with van der Waals surface area (Å²) in [7, 11) is -8.88. The van der Waals surface area contributed by atoms with Crippen LogP contribution in [0.4, 0.5) is 0 Å². The molecule has 1 heterocycles. The van der Waals surface area contributed by atoms with E-state index in [1.807, 2.05) is 0 Å². The molecule has 0 aliphatic rings. The molecule has 0 aliphatic heterocycles. The number of rotatable bonds is 5. The number of sulfone groups is 1. The Labute approximate surface area is 177 Å². The summed E-state index contributed by atoms with van der Waals surface area (Å²) in [5.74, 6) is -0.885. The molecule has 1 amide bonds. The lowest BCUT2D eigenvalue weighted by Gasteiger charge is -2.12. The number of nitrogens with two attached hydrogens (primary N) is 2. The van der Waals surface area contributed by atoms with Gasteiger partial charge in [-0.25, -0.2) is 27.0 Å². The Bertz CT molecular complexity index is 1520. The molecule has 1 aromatic heterocycles. The molecule has 31 heavy (non-hydrogen) atoms. The number of para-hydroxylation sites is 2. The van der Waals surface area contributed by atoms with Crippen molar-refractivity contribution in [2.75, 3.05) is 0 Å². The highest BCUT2D eigenvalue weighted by atomic mass is 32.2. The van der Waals surface area contributed by atoms with E-state index in [2.05, 4.69) is 4.98 Å². The highest BCUT2D eigenvalue weighted by molar-refractivity contribution is 7.93. The lowest BCUT2D eigenvalue weighted by Crippen LogP contribution is -2.20. The first-order valence-corrected chi connectivity index (χ1v) is 11.8. The molecule has 4 aromatic rings. The molecule has 4 N–H and O–H groups in total. The van der Waals surface area contributed by atoms with E-state index in [9.17, 15) is 21.6 Å². The number of carbonyl (C=O) groups is 1. The SMILES string of the molecule is NC(=O)c1ccc(-c2nc3ccccc3o2)cc1S(=O)(=O)c1ccccc1S(N)(=O)=O. The number of primary amides is 1. The molecule has 3 aromatic carbocycles. The standard InChI is InChI=1S/C20H15N3O6S2/c21-19(24)13-10-9-12(20-23-14-5-1-2-6-15(14)29-20)11-18(13)30(25,26)16-7-3-4-8-17(16)31(22,27)28/h1-11H,(H2,21,24)(H2,22,27,28). The third-order valence-corrected chi connectivity index (χ3v) is 7.47. The normalized spacial score (nSPS) is 12.2. The number of primary sulfonamides is 1. The van der Waals surface area contributed by atoms with E-state index >= 15 is 0 Å². The monoisotopic (exact) mass is 457 g/mol. The molecule has 0 saturated heterocycles. The van der Waals surface area contributed by atoms with Crippen molar-refractivity contribution < 1.29 is 26.0 Å². The zero-order valence-corrected chi connectivity index (χ0v) is 17.4. The minimum absolute atomic E-state index is 0.119. The Kier molecular flexibility index (Phi) is 4.88. The van der Waals surface area contributed by atoms with Gasteiger partial charge in [-0.15, -0.1) is 0 Å². The molecule has 0 aliphatic carbocycles. The van der Waals surface area contributed by atoms with Crippen molar-refractivity contribution in [2.45, 2.75) is 14.7 Å². The number of fused-ring (bicyclic) bond motifs is 1. The summed E-state index contributed by atoms with van der Waals surface area (Å²) >= 11 is 0. The molecule has 0 saturated carbocycles. The average Bonchev–Trinajstić information content (AvgIpc) is 3.17. The minimum Gasteiger partial charge on any atom is -0.436 e. The predicted octanol–water partition coefficient (Wildman–Crippen LogP) is 2.07. The van der Waals surface area contributed by atoms with Crippen LogP contribution in [0.5, 0.6) is 0 Å². The Morgan fingerprint density at radius 2 is 1.48 bits per heavy atom. The van der Waals surface area contributed by atoms with Crippen molar-refractivity contribution in [3.05, 3.63) is 72.3 Å². The van der Waals surface area contributed by atoms with Crippen LogP contribution in [-0.4, -0.2) is 27.7 Å². The van der Waals surface area contributed by atoms with E-state index in [1.54, 1.807) is 24.3 Å². The molecule has 0 atom stereocenters. The number of carbonyl (C=O) groups excluding carboxylic acids is 1. The van der Waals surface area contributed by atoms with Crippen LogP contribution in [-0.2, 0) is 19.9 Å².